The highest BCUT2D eigenvalue weighted by molar-refractivity contribution is 5.87. The van der Waals surface area contributed by atoms with E-state index >= 15 is 0 Å². The number of aromatic amines is 2. The molecule has 0 radical (unpaired) electrons. The second-order valence-electron chi connectivity index (χ2n) is 15.2. The van der Waals surface area contributed by atoms with Crippen molar-refractivity contribution in [2.75, 3.05) is 27.3 Å². The molecule has 2 aromatic carbocycles. The zero-order chi connectivity index (χ0) is 40.4. The lowest BCUT2D eigenvalue weighted by atomic mass is 10.0. The summed E-state index contributed by atoms with van der Waals surface area (Å²) in [6.45, 7) is 8.72. The molecular formula is C40H49N11O6. The Balaban J connectivity index is 1.03. The van der Waals surface area contributed by atoms with Crippen molar-refractivity contribution in [3.63, 3.8) is 0 Å². The number of imidazole rings is 2. The molecule has 57 heavy (non-hydrogen) atoms. The van der Waals surface area contributed by atoms with Crippen LogP contribution < -0.4 is 10.6 Å². The zero-order valence-corrected chi connectivity index (χ0v) is 33.0. The van der Waals surface area contributed by atoms with Crippen molar-refractivity contribution in [2.24, 2.45) is 11.8 Å². The van der Waals surface area contributed by atoms with Crippen molar-refractivity contribution >= 4 is 35.0 Å². The topological polar surface area (TPSA) is 205 Å². The second-order valence-corrected chi connectivity index (χ2v) is 15.2. The fourth-order valence-corrected chi connectivity index (χ4v) is 7.70. The van der Waals surface area contributed by atoms with Gasteiger partial charge >= 0.3 is 12.2 Å². The van der Waals surface area contributed by atoms with Crippen LogP contribution in [-0.2, 0) is 19.1 Å². The van der Waals surface area contributed by atoms with E-state index < -0.39 is 24.3 Å². The molecule has 4 atom stereocenters. The Morgan fingerprint density at radius 2 is 1.35 bits per heavy atom. The van der Waals surface area contributed by atoms with Gasteiger partial charge in [0.1, 0.15) is 29.4 Å². The van der Waals surface area contributed by atoms with Crippen LogP contribution in [0.5, 0.6) is 0 Å². The van der Waals surface area contributed by atoms with Gasteiger partial charge in [-0.05, 0) is 61.3 Å². The van der Waals surface area contributed by atoms with E-state index in [-0.39, 0.29) is 35.7 Å². The molecule has 17 nitrogen and oxygen atoms in total. The lowest BCUT2D eigenvalue weighted by molar-refractivity contribution is -0.136. The van der Waals surface area contributed by atoms with Crippen LogP contribution in [0.2, 0.25) is 0 Å². The van der Waals surface area contributed by atoms with Gasteiger partial charge in [0.05, 0.1) is 61.1 Å². The number of hydrogen-bond acceptors (Lipinski definition) is 10. The summed E-state index contributed by atoms with van der Waals surface area (Å²) < 4.78 is 11.2. The smallest absolute Gasteiger partial charge is 0.407 e. The van der Waals surface area contributed by atoms with Gasteiger partial charge in [-0.2, -0.15) is 0 Å². The number of nitrogens with zero attached hydrogens (tertiary/aromatic N) is 7. The highest BCUT2D eigenvalue weighted by Crippen LogP contribution is 2.35. The van der Waals surface area contributed by atoms with Crippen LogP contribution in [-0.4, -0.2) is 108 Å². The van der Waals surface area contributed by atoms with Gasteiger partial charge in [-0.1, -0.05) is 57.2 Å². The summed E-state index contributed by atoms with van der Waals surface area (Å²) in [5.41, 5.74) is 5.68. The molecule has 0 spiro atoms. The molecule has 7 rings (SSSR count). The molecule has 17 heteroatoms. The number of benzene rings is 2. The SMILES string of the molecule is COC(=O)N[C@H](C(=O)N1CCC[C@H]1c1ncc(-c2ccc(-c3cn(-c4ccc5nc([C@@H]6CCCN6C(=O)[C@@H](NC(=O)OC)C(C)C)[nH]c5c4)nn3)cc2)[nH]1)C(C)C. The maximum Gasteiger partial charge on any atom is 0.407 e. The summed E-state index contributed by atoms with van der Waals surface area (Å²) in [6, 6.07) is 11.8. The van der Waals surface area contributed by atoms with Crippen molar-refractivity contribution in [1.29, 1.82) is 0 Å². The standard InChI is InChI=1S/C40H49N11O6/c1-22(2)33(45-39(54)56-5)37(52)49-17-7-9-31(49)35-41-20-29(44-35)24-11-13-25(14-12-24)30-21-51(48-47-30)26-15-16-27-28(19-26)43-36(42-27)32-10-8-18-50(32)38(53)34(23(3)4)46-40(55)57-6/h11-16,19-23,31-34H,7-10,17-18H2,1-6H3,(H,41,44)(H,42,43)(H,45,54)(H,46,55)/t31-,32-,33-,34-/m0/s1. The number of ether oxygens (including phenoxy) is 2. The molecular weight excluding hydrogens is 731 g/mol. The van der Waals surface area contributed by atoms with Crippen LogP contribution in [0.15, 0.2) is 54.9 Å². The van der Waals surface area contributed by atoms with E-state index in [1.165, 1.54) is 14.2 Å². The van der Waals surface area contributed by atoms with Gasteiger partial charge in [-0.25, -0.2) is 24.2 Å². The van der Waals surface area contributed by atoms with Crippen molar-refractivity contribution in [1.82, 2.24) is 55.4 Å². The summed E-state index contributed by atoms with van der Waals surface area (Å²) in [6.07, 6.45) is 5.55. The van der Waals surface area contributed by atoms with Crippen LogP contribution >= 0.6 is 0 Å². The van der Waals surface area contributed by atoms with E-state index in [9.17, 15) is 19.2 Å². The van der Waals surface area contributed by atoms with Crippen LogP contribution in [0.3, 0.4) is 0 Å². The van der Waals surface area contributed by atoms with Crippen molar-refractivity contribution < 1.29 is 28.7 Å². The monoisotopic (exact) mass is 779 g/mol. The zero-order valence-electron chi connectivity index (χ0n) is 33.0. The summed E-state index contributed by atoms with van der Waals surface area (Å²) in [5, 5.41) is 14.2. The number of likely N-dealkylation sites (tertiary alicyclic amines) is 2. The lowest BCUT2D eigenvalue weighted by Gasteiger charge is -2.30. The molecule has 2 saturated heterocycles. The van der Waals surface area contributed by atoms with Crippen LogP contribution in [0.1, 0.15) is 77.1 Å². The molecule has 0 bridgehead atoms. The number of hydrogen-bond donors (Lipinski definition) is 4. The third-order valence-corrected chi connectivity index (χ3v) is 10.8. The molecule has 4 N–H and O–H groups in total. The Bertz CT molecular complexity index is 2240. The molecule has 2 aliphatic rings. The van der Waals surface area contributed by atoms with Gasteiger partial charge < -0.3 is 39.9 Å². The van der Waals surface area contributed by atoms with E-state index in [0.717, 1.165) is 59.2 Å². The van der Waals surface area contributed by atoms with Gasteiger partial charge in [0.2, 0.25) is 11.8 Å². The number of carbonyl (C=O) groups excluding carboxylic acids is 4. The first-order valence-electron chi connectivity index (χ1n) is 19.3. The Hall–Kier alpha value is -6.26. The fraction of sp³-hybridized carbons (Fsp3) is 0.450. The highest BCUT2D eigenvalue weighted by Gasteiger charge is 2.39. The molecule has 0 unspecified atom stereocenters. The first-order chi connectivity index (χ1) is 27.4. The van der Waals surface area contributed by atoms with Crippen LogP contribution in [0, 0.1) is 11.8 Å². The number of aromatic nitrogens is 7. The molecule has 4 amide bonds. The highest BCUT2D eigenvalue weighted by atomic mass is 16.5. The predicted octanol–water partition coefficient (Wildman–Crippen LogP) is 5.29. The predicted molar refractivity (Wildman–Crippen MR) is 210 cm³/mol. The summed E-state index contributed by atoms with van der Waals surface area (Å²) in [7, 11) is 2.57. The molecule has 0 aliphatic carbocycles. The Labute approximate surface area is 329 Å². The summed E-state index contributed by atoms with van der Waals surface area (Å²) in [5.74, 6) is 0.843. The number of nitrogens with one attached hydrogen (secondary N) is 4. The van der Waals surface area contributed by atoms with E-state index in [1.807, 2.05) is 76.4 Å². The van der Waals surface area contributed by atoms with Gasteiger partial charge in [-0.3, -0.25) is 9.59 Å². The average Bonchev–Trinajstić information content (AvgIpc) is 4.06. The first kappa shape index (κ1) is 39.0. The van der Waals surface area contributed by atoms with Crippen molar-refractivity contribution in [3.05, 3.63) is 66.5 Å². The molecule has 5 heterocycles. The molecule has 2 aliphatic heterocycles. The number of H-pyrrole nitrogens is 2. The Morgan fingerprint density at radius 3 is 1.93 bits per heavy atom. The number of fused-ring (bicyclic) bond motifs is 1. The van der Waals surface area contributed by atoms with Crippen molar-refractivity contribution in [2.45, 2.75) is 77.5 Å². The summed E-state index contributed by atoms with van der Waals surface area (Å²) >= 11 is 0. The third-order valence-electron chi connectivity index (χ3n) is 10.8. The minimum atomic E-state index is -0.709. The first-order valence-corrected chi connectivity index (χ1v) is 19.3. The minimum absolute atomic E-state index is 0.116. The molecule has 300 valence electrons. The Kier molecular flexibility index (Phi) is 11.3. The fourth-order valence-electron chi connectivity index (χ4n) is 7.70. The number of alkyl carbamates (subject to hydrolysis) is 2. The number of methoxy groups -OCH3 is 2. The van der Waals surface area contributed by atoms with E-state index in [1.54, 1.807) is 20.7 Å². The minimum Gasteiger partial charge on any atom is -0.453 e. The van der Waals surface area contributed by atoms with Crippen LogP contribution in [0.25, 0.3) is 39.2 Å². The molecule has 2 fully saturated rings. The average molecular weight is 780 g/mol. The van der Waals surface area contributed by atoms with Gasteiger partial charge in [0, 0.05) is 18.7 Å². The number of rotatable bonds is 11. The molecule has 3 aromatic heterocycles. The maximum absolute atomic E-state index is 13.6. The van der Waals surface area contributed by atoms with E-state index in [0.29, 0.717) is 30.4 Å². The van der Waals surface area contributed by atoms with E-state index in [4.69, 9.17) is 14.5 Å². The molecule has 5 aromatic rings. The number of carbonyl (C=O) groups is 4. The lowest BCUT2D eigenvalue weighted by Crippen LogP contribution is -2.51. The maximum atomic E-state index is 13.6. The van der Waals surface area contributed by atoms with E-state index in [2.05, 4.69) is 35.9 Å². The normalized spacial score (nSPS) is 18.0. The Morgan fingerprint density at radius 1 is 0.772 bits per heavy atom. The van der Waals surface area contributed by atoms with Gasteiger partial charge in [0.25, 0.3) is 0 Å². The molecule has 0 saturated carbocycles. The van der Waals surface area contributed by atoms with Crippen LogP contribution in [0.4, 0.5) is 9.59 Å². The number of amides is 4. The second kappa shape index (κ2) is 16.5. The summed E-state index contributed by atoms with van der Waals surface area (Å²) in [4.78, 5) is 71.0. The van der Waals surface area contributed by atoms with Crippen molar-refractivity contribution in [3.8, 4) is 28.2 Å². The third kappa shape index (κ3) is 8.04. The largest absolute Gasteiger partial charge is 0.453 e. The van der Waals surface area contributed by atoms with Gasteiger partial charge in [-0.15, -0.1) is 5.10 Å². The quantitative estimate of drug-likeness (QED) is 0.136. The van der Waals surface area contributed by atoms with Gasteiger partial charge in [0.15, 0.2) is 0 Å².